The van der Waals surface area contributed by atoms with Gasteiger partial charge in [0.25, 0.3) is 0 Å². The summed E-state index contributed by atoms with van der Waals surface area (Å²) in [5.41, 5.74) is 5.80. The van der Waals surface area contributed by atoms with Crippen LogP contribution in [0.1, 0.15) is 16.8 Å². The zero-order chi connectivity index (χ0) is 13.2. The van der Waals surface area contributed by atoms with E-state index in [0.29, 0.717) is 11.4 Å². The number of nitrogens with zero attached hydrogens (tertiary/aromatic N) is 2. The summed E-state index contributed by atoms with van der Waals surface area (Å²) in [5, 5.41) is 7.38. The van der Waals surface area contributed by atoms with Gasteiger partial charge in [0.15, 0.2) is 0 Å². The summed E-state index contributed by atoms with van der Waals surface area (Å²) in [6.07, 6.45) is -2.97. The molecule has 0 spiro atoms. The van der Waals surface area contributed by atoms with Gasteiger partial charge < -0.3 is 5.73 Å². The number of nitrogens with two attached hydrogens (primary N) is 1. The van der Waals surface area contributed by atoms with Crippen LogP contribution in [0, 0.1) is 0 Å². The van der Waals surface area contributed by atoms with Crippen LogP contribution in [0.15, 0.2) is 36.5 Å². The minimum absolute atomic E-state index is 0.0493. The summed E-state index contributed by atoms with van der Waals surface area (Å²) in [6.45, 7) is 0. The average molecular weight is 253 g/mol. The highest BCUT2D eigenvalue weighted by Crippen LogP contribution is 2.32. The van der Waals surface area contributed by atoms with Crippen molar-refractivity contribution in [3.8, 4) is 0 Å². The molecule has 1 aromatic heterocycles. The lowest BCUT2D eigenvalue weighted by Crippen LogP contribution is -2.10. The molecule has 0 radical (unpaired) electrons. The number of hydrogen-bond donors (Lipinski definition) is 1. The third-order valence-electron chi connectivity index (χ3n) is 2.42. The zero-order valence-corrected chi connectivity index (χ0v) is 9.28. The molecule has 0 atom stereocenters. The molecule has 2 rings (SSSR count). The average Bonchev–Trinajstić information content (AvgIpc) is 2.28. The molecule has 0 aliphatic carbocycles. The van der Waals surface area contributed by atoms with Crippen LogP contribution >= 0.6 is 0 Å². The minimum atomic E-state index is -4.37. The van der Waals surface area contributed by atoms with Crippen molar-refractivity contribution in [2.24, 2.45) is 0 Å². The van der Waals surface area contributed by atoms with Gasteiger partial charge in [-0.3, -0.25) is 0 Å². The van der Waals surface area contributed by atoms with E-state index in [0.717, 1.165) is 6.07 Å². The van der Waals surface area contributed by atoms with E-state index < -0.39 is 11.7 Å². The monoisotopic (exact) mass is 253 g/mol. The number of alkyl halides is 3. The van der Waals surface area contributed by atoms with Crippen LogP contribution in [0.3, 0.4) is 0 Å². The molecule has 2 aromatic rings. The molecule has 18 heavy (non-hydrogen) atoms. The predicted molar refractivity (Wildman–Crippen MR) is 60.7 cm³/mol. The molecule has 1 heterocycles. The number of hydrogen-bond acceptors (Lipinski definition) is 3. The van der Waals surface area contributed by atoms with Crippen LogP contribution in [0.4, 0.5) is 18.9 Å². The highest BCUT2D eigenvalue weighted by Gasteiger charge is 2.32. The van der Waals surface area contributed by atoms with Crippen LogP contribution < -0.4 is 5.73 Å². The number of halogens is 3. The first-order chi connectivity index (χ1) is 8.47. The summed E-state index contributed by atoms with van der Waals surface area (Å²) >= 11 is 0. The van der Waals surface area contributed by atoms with E-state index in [1.54, 1.807) is 6.07 Å². The normalized spacial score (nSPS) is 11.5. The number of anilines is 1. The van der Waals surface area contributed by atoms with Crippen molar-refractivity contribution >= 4 is 5.69 Å². The van der Waals surface area contributed by atoms with Crippen LogP contribution in [-0.2, 0) is 12.6 Å². The Hall–Kier alpha value is -2.11. The fourth-order valence-electron chi connectivity index (χ4n) is 1.66. The molecule has 0 saturated heterocycles. The molecule has 0 amide bonds. The van der Waals surface area contributed by atoms with E-state index in [1.807, 2.05) is 0 Å². The zero-order valence-electron chi connectivity index (χ0n) is 9.28. The number of benzene rings is 1. The standard InChI is InChI=1S/C12H10F3N3/c13-12(14,15)11-4-2-1-3-8(11)5-10-6-9(16)7-17-18-10/h1-4,6-7H,5H2,(H2,16,18). The summed E-state index contributed by atoms with van der Waals surface area (Å²) in [4.78, 5) is 0. The Labute approximate surface area is 101 Å². The van der Waals surface area contributed by atoms with E-state index in [4.69, 9.17) is 5.73 Å². The van der Waals surface area contributed by atoms with E-state index in [-0.39, 0.29) is 12.0 Å². The van der Waals surface area contributed by atoms with Gasteiger partial charge >= 0.3 is 6.18 Å². The van der Waals surface area contributed by atoms with Crippen LogP contribution in [0.25, 0.3) is 0 Å². The SMILES string of the molecule is Nc1cnnc(Cc2ccccc2C(F)(F)F)c1. The largest absolute Gasteiger partial charge is 0.416 e. The molecule has 1 aromatic carbocycles. The summed E-state index contributed by atoms with van der Waals surface area (Å²) in [6, 6.07) is 6.91. The van der Waals surface area contributed by atoms with Gasteiger partial charge in [0.1, 0.15) is 0 Å². The van der Waals surface area contributed by atoms with Crippen LogP contribution in [0.2, 0.25) is 0 Å². The molecule has 0 saturated carbocycles. The second kappa shape index (κ2) is 4.64. The topological polar surface area (TPSA) is 51.8 Å². The van der Waals surface area contributed by atoms with Crippen molar-refractivity contribution in [2.45, 2.75) is 12.6 Å². The number of rotatable bonds is 2. The lowest BCUT2D eigenvalue weighted by molar-refractivity contribution is -0.138. The maximum absolute atomic E-state index is 12.8. The smallest absolute Gasteiger partial charge is 0.397 e. The molecular weight excluding hydrogens is 243 g/mol. The minimum Gasteiger partial charge on any atom is -0.397 e. The summed E-state index contributed by atoms with van der Waals surface area (Å²) < 4.78 is 38.3. The van der Waals surface area contributed by atoms with E-state index in [1.165, 1.54) is 24.4 Å². The summed E-state index contributed by atoms with van der Waals surface area (Å²) in [7, 11) is 0. The van der Waals surface area contributed by atoms with Gasteiger partial charge in [-0.1, -0.05) is 18.2 Å². The first-order valence-corrected chi connectivity index (χ1v) is 5.19. The predicted octanol–water partition coefficient (Wildman–Crippen LogP) is 2.67. The Morgan fingerprint density at radius 3 is 2.56 bits per heavy atom. The van der Waals surface area contributed by atoms with Crippen molar-refractivity contribution in [3.63, 3.8) is 0 Å². The van der Waals surface area contributed by atoms with Crippen LogP contribution in [0.5, 0.6) is 0 Å². The van der Waals surface area contributed by atoms with E-state index >= 15 is 0 Å². The lowest BCUT2D eigenvalue weighted by Gasteiger charge is -2.12. The Bertz CT molecular complexity index is 552. The van der Waals surface area contributed by atoms with E-state index in [9.17, 15) is 13.2 Å². The molecule has 0 aliphatic heterocycles. The molecular formula is C12H10F3N3. The van der Waals surface area contributed by atoms with Crippen molar-refractivity contribution in [2.75, 3.05) is 5.73 Å². The third kappa shape index (κ3) is 2.77. The number of aromatic nitrogens is 2. The van der Waals surface area contributed by atoms with Crippen molar-refractivity contribution < 1.29 is 13.2 Å². The van der Waals surface area contributed by atoms with Gasteiger partial charge in [-0.2, -0.15) is 23.4 Å². The molecule has 0 unspecified atom stereocenters. The number of nitrogen functional groups attached to an aromatic ring is 1. The van der Waals surface area contributed by atoms with Crippen molar-refractivity contribution in [1.29, 1.82) is 0 Å². The molecule has 6 heteroatoms. The fraction of sp³-hybridized carbons (Fsp3) is 0.167. The molecule has 3 nitrogen and oxygen atoms in total. The quantitative estimate of drug-likeness (QED) is 0.895. The first kappa shape index (κ1) is 12.3. The molecule has 0 aliphatic rings. The maximum atomic E-state index is 12.8. The Kier molecular flexibility index (Phi) is 3.18. The molecule has 94 valence electrons. The Morgan fingerprint density at radius 1 is 1.17 bits per heavy atom. The Balaban J connectivity index is 2.35. The van der Waals surface area contributed by atoms with Gasteiger partial charge in [-0.15, -0.1) is 0 Å². The van der Waals surface area contributed by atoms with Gasteiger partial charge in [0, 0.05) is 6.42 Å². The van der Waals surface area contributed by atoms with Gasteiger partial charge in [-0.25, -0.2) is 0 Å². The van der Waals surface area contributed by atoms with Crippen LogP contribution in [-0.4, -0.2) is 10.2 Å². The third-order valence-corrected chi connectivity index (χ3v) is 2.42. The lowest BCUT2D eigenvalue weighted by atomic mass is 10.0. The van der Waals surface area contributed by atoms with Crippen molar-refractivity contribution in [3.05, 3.63) is 53.3 Å². The Morgan fingerprint density at radius 2 is 1.89 bits per heavy atom. The highest BCUT2D eigenvalue weighted by atomic mass is 19.4. The molecule has 0 fully saturated rings. The highest BCUT2D eigenvalue weighted by molar-refractivity contribution is 5.38. The van der Waals surface area contributed by atoms with Gasteiger partial charge in [-0.05, 0) is 17.7 Å². The van der Waals surface area contributed by atoms with Crippen molar-refractivity contribution in [1.82, 2.24) is 10.2 Å². The summed E-state index contributed by atoms with van der Waals surface area (Å²) in [5.74, 6) is 0. The van der Waals surface area contributed by atoms with Gasteiger partial charge in [0.05, 0.1) is 23.1 Å². The maximum Gasteiger partial charge on any atom is 0.416 e. The fourth-order valence-corrected chi connectivity index (χ4v) is 1.66. The second-order valence-corrected chi connectivity index (χ2v) is 3.81. The van der Waals surface area contributed by atoms with Gasteiger partial charge in [0.2, 0.25) is 0 Å². The van der Waals surface area contributed by atoms with E-state index in [2.05, 4.69) is 10.2 Å². The molecule has 2 N–H and O–H groups in total. The molecule has 0 bridgehead atoms. The first-order valence-electron chi connectivity index (χ1n) is 5.19. The second-order valence-electron chi connectivity index (χ2n) is 3.81.